The van der Waals surface area contributed by atoms with Crippen LogP contribution in [0.5, 0.6) is 0 Å². The van der Waals surface area contributed by atoms with Crippen molar-refractivity contribution in [2.75, 3.05) is 12.4 Å². The molecule has 104 valence electrons. The molecule has 2 rings (SSSR count). The highest BCUT2D eigenvalue weighted by Gasteiger charge is 2.08. The highest BCUT2D eigenvalue weighted by atomic mass is 16.2. The fourth-order valence-corrected chi connectivity index (χ4v) is 1.84. The fraction of sp³-hybridized carbons (Fsp3) is 0.200. The molecule has 0 aliphatic rings. The molecule has 5 heteroatoms. The Labute approximate surface area is 117 Å². The van der Waals surface area contributed by atoms with Crippen molar-refractivity contribution < 1.29 is 4.79 Å². The molecule has 0 fully saturated rings. The van der Waals surface area contributed by atoms with Gasteiger partial charge in [0.2, 0.25) is 5.56 Å². The Bertz CT molecular complexity index is 664. The first-order chi connectivity index (χ1) is 9.60. The Morgan fingerprint density at radius 1 is 1.25 bits per heavy atom. The molecule has 1 atom stereocenters. The Kier molecular flexibility index (Phi) is 4.32. The first kappa shape index (κ1) is 14.0. The number of carbonyl (C=O) groups excluding carboxylic acids is 1. The lowest BCUT2D eigenvalue weighted by Crippen LogP contribution is -2.16. The lowest BCUT2D eigenvalue weighted by molar-refractivity contribution is 0.102. The highest BCUT2D eigenvalue weighted by molar-refractivity contribution is 6.04. The van der Waals surface area contributed by atoms with Crippen molar-refractivity contribution in [1.82, 2.24) is 10.3 Å². The quantitative estimate of drug-likeness (QED) is 0.795. The molecule has 0 spiro atoms. The molecule has 0 bridgehead atoms. The smallest absolute Gasteiger partial charge is 0.255 e. The topological polar surface area (TPSA) is 74.0 Å². The average Bonchev–Trinajstić information content (AvgIpc) is 2.46. The van der Waals surface area contributed by atoms with Gasteiger partial charge in [0.25, 0.3) is 5.91 Å². The van der Waals surface area contributed by atoms with Gasteiger partial charge in [0.15, 0.2) is 0 Å². The third-order valence-corrected chi connectivity index (χ3v) is 3.11. The number of rotatable bonds is 4. The van der Waals surface area contributed by atoms with Gasteiger partial charge < -0.3 is 15.6 Å². The van der Waals surface area contributed by atoms with E-state index in [9.17, 15) is 9.59 Å². The molecule has 20 heavy (non-hydrogen) atoms. The molecule has 2 aromatic rings. The Morgan fingerprint density at radius 2 is 2.05 bits per heavy atom. The minimum absolute atomic E-state index is 0.200. The molecule has 1 unspecified atom stereocenters. The van der Waals surface area contributed by atoms with Crippen LogP contribution in [0.25, 0.3) is 0 Å². The van der Waals surface area contributed by atoms with E-state index in [2.05, 4.69) is 15.6 Å². The number of hydrogen-bond acceptors (Lipinski definition) is 3. The minimum atomic E-state index is -0.301. The molecule has 0 saturated heterocycles. The lowest BCUT2D eigenvalue weighted by atomic mass is 10.1. The van der Waals surface area contributed by atoms with Gasteiger partial charge >= 0.3 is 0 Å². The zero-order chi connectivity index (χ0) is 14.5. The Balaban J connectivity index is 2.18. The van der Waals surface area contributed by atoms with Crippen LogP contribution in [0.15, 0.2) is 47.4 Å². The molecular weight excluding hydrogens is 254 g/mol. The van der Waals surface area contributed by atoms with Gasteiger partial charge in [0.1, 0.15) is 0 Å². The van der Waals surface area contributed by atoms with Crippen LogP contribution in [-0.4, -0.2) is 17.9 Å². The maximum absolute atomic E-state index is 12.0. The van der Waals surface area contributed by atoms with Gasteiger partial charge in [0.05, 0.1) is 0 Å². The molecule has 0 saturated carbocycles. The number of aromatic nitrogens is 1. The number of H-pyrrole nitrogens is 1. The molecule has 1 aromatic heterocycles. The monoisotopic (exact) mass is 271 g/mol. The van der Waals surface area contributed by atoms with Gasteiger partial charge in [-0.25, -0.2) is 0 Å². The van der Waals surface area contributed by atoms with Gasteiger partial charge in [-0.2, -0.15) is 0 Å². The van der Waals surface area contributed by atoms with E-state index in [1.165, 1.54) is 12.3 Å². The molecule has 3 N–H and O–H groups in total. The van der Waals surface area contributed by atoms with E-state index < -0.39 is 0 Å². The van der Waals surface area contributed by atoms with Crippen LogP contribution in [0.1, 0.15) is 28.9 Å². The van der Waals surface area contributed by atoms with Crippen molar-refractivity contribution in [2.24, 2.45) is 0 Å². The van der Waals surface area contributed by atoms with E-state index >= 15 is 0 Å². The largest absolute Gasteiger partial charge is 0.329 e. The van der Waals surface area contributed by atoms with Gasteiger partial charge in [-0.3, -0.25) is 9.59 Å². The predicted octanol–water partition coefficient (Wildman–Crippen LogP) is 1.91. The molecule has 1 aromatic carbocycles. The Hall–Kier alpha value is -2.40. The number of carbonyl (C=O) groups is 1. The maximum atomic E-state index is 12.0. The van der Waals surface area contributed by atoms with E-state index in [-0.39, 0.29) is 17.5 Å². The number of pyridine rings is 1. The van der Waals surface area contributed by atoms with Crippen LogP contribution in [0.3, 0.4) is 0 Å². The number of hydrogen-bond donors (Lipinski definition) is 3. The summed E-state index contributed by atoms with van der Waals surface area (Å²) in [5.41, 5.74) is 1.82. The molecule has 5 nitrogen and oxygen atoms in total. The first-order valence-corrected chi connectivity index (χ1v) is 6.37. The summed E-state index contributed by atoms with van der Waals surface area (Å²) >= 11 is 0. The lowest BCUT2D eigenvalue weighted by Gasteiger charge is -2.12. The summed E-state index contributed by atoms with van der Waals surface area (Å²) in [4.78, 5) is 25.7. The number of anilines is 1. The predicted molar refractivity (Wildman–Crippen MR) is 78.9 cm³/mol. The summed E-state index contributed by atoms with van der Waals surface area (Å²) in [5.74, 6) is -0.301. The summed E-state index contributed by atoms with van der Waals surface area (Å²) < 4.78 is 0. The molecule has 0 aliphatic carbocycles. The second-order valence-electron chi connectivity index (χ2n) is 4.53. The minimum Gasteiger partial charge on any atom is -0.329 e. The van der Waals surface area contributed by atoms with Crippen LogP contribution in [0.4, 0.5) is 5.69 Å². The number of aromatic amines is 1. The SMILES string of the molecule is CNC(C)c1cccc(NC(=O)c2cc[nH]c(=O)c2)c1. The molecule has 0 aliphatic heterocycles. The first-order valence-electron chi connectivity index (χ1n) is 6.37. The van der Waals surface area contributed by atoms with E-state index in [1.807, 2.05) is 38.2 Å². The van der Waals surface area contributed by atoms with E-state index in [1.54, 1.807) is 6.07 Å². The summed E-state index contributed by atoms with van der Waals surface area (Å²) in [6, 6.07) is 10.6. The van der Waals surface area contributed by atoms with Crippen LogP contribution in [-0.2, 0) is 0 Å². The van der Waals surface area contributed by atoms with Crippen molar-refractivity contribution in [3.8, 4) is 0 Å². The summed E-state index contributed by atoms with van der Waals surface area (Å²) in [6.07, 6.45) is 1.46. The molecule has 1 amide bonds. The van der Waals surface area contributed by atoms with Crippen LogP contribution >= 0.6 is 0 Å². The summed E-state index contributed by atoms with van der Waals surface area (Å²) in [7, 11) is 1.88. The maximum Gasteiger partial charge on any atom is 0.255 e. The highest BCUT2D eigenvalue weighted by Crippen LogP contribution is 2.17. The molecule has 1 heterocycles. The van der Waals surface area contributed by atoms with Gasteiger partial charge in [-0.15, -0.1) is 0 Å². The fourth-order valence-electron chi connectivity index (χ4n) is 1.84. The van der Waals surface area contributed by atoms with Crippen molar-refractivity contribution in [3.05, 3.63) is 64.1 Å². The second-order valence-corrected chi connectivity index (χ2v) is 4.53. The summed E-state index contributed by atoms with van der Waals surface area (Å²) in [6.45, 7) is 2.04. The number of amides is 1. The van der Waals surface area contributed by atoms with Crippen molar-refractivity contribution in [1.29, 1.82) is 0 Å². The second kappa shape index (κ2) is 6.16. The normalized spacial score (nSPS) is 11.9. The third-order valence-electron chi connectivity index (χ3n) is 3.11. The van der Waals surface area contributed by atoms with E-state index in [0.717, 1.165) is 5.56 Å². The third kappa shape index (κ3) is 3.33. The van der Waals surface area contributed by atoms with Crippen LogP contribution < -0.4 is 16.2 Å². The Morgan fingerprint density at radius 3 is 2.75 bits per heavy atom. The summed E-state index contributed by atoms with van der Waals surface area (Å²) in [5, 5.41) is 5.93. The van der Waals surface area contributed by atoms with Crippen molar-refractivity contribution in [3.63, 3.8) is 0 Å². The average molecular weight is 271 g/mol. The van der Waals surface area contributed by atoms with E-state index in [4.69, 9.17) is 0 Å². The van der Waals surface area contributed by atoms with Crippen LogP contribution in [0.2, 0.25) is 0 Å². The molecular formula is C15H17N3O2. The molecule has 0 radical (unpaired) electrons. The number of nitrogens with one attached hydrogen (secondary N) is 3. The zero-order valence-electron chi connectivity index (χ0n) is 11.4. The zero-order valence-corrected chi connectivity index (χ0v) is 11.4. The van der Waals surface area contributed by atoms with Gasteiger partial charge in [-0.05, 0) is 37.7 Å². The van der Waals surface area contributed by atoms with Crippen molar-refractivity contribution in [2.45, 2.75) is 13.0 Å². The van der Waals surface area contributed by atoms with Gasteiger partial charge in [0, 0.05) is 29.6 Å². The van der Waals surface area contributed by atoms with Gasteiger partial charge in [-0.1, -0.05) is 12.1 Å². The van der Waals surface area contributed by atoms with Crippen molar-refractivity contribution >= 4 is 11.6 Å². The van der Waals surface area contributed by atoms with Crippen LogP contribution in [0, 0.1) is 0 Å². The number of benzene rings is 1. The van der Waals surface area contributed by atoms with E-state index in [0.29, 0.717) is 11.3 Å². The standard InChI is InChI=1S/C15H17N3O2/c1-10(16-2)11-4-3-5-13(8-11)18-15(20)12-6-7-17-14(19)9-12/h3-10,16H,1-2H3,(H,17,19)(H,18,20).